The van der Waals surface area contributed by atoms with Crippen molar-refractivity contribution in [1.29, 1.82) is 0 Å². The van der Waals surface area contributed by atoms with Gasteiger partial charge in [0.15, 0.2) is 0 Å². The standard InChI is InChI=1S/C13H26N2O/c1-6-8(2)7-12(15-14)13-9(3)10(4)16-11(13)5/h9-13,15H,2,6-7,14H2,1,3-5H3. The summed E-state index contributed by atoms with van der Waals surface area (Å²) in [6.07, 6.45) is 2.56. The molecule has 1 fully saturated rings. The predicted octanol–water partition coefficient (Wildman–Crippen LogP) is 2.23. The lowest BCUT2D eigenvalue weighted by Gasteiger charge is -2.28. The van der Waals surface area contributed by atoms with E-state index in [0.717, 1.165) is 12.8 Å². The van der Waals surface area contributed by atoms with Crippen LogP contribution >= 0.6 is 0 Å². The maximum absolute atomic E-state index is 5.86. The van der Waals surface area contributed by atoms with E-state index < -0.39 is 0 Å². The van der Waals surface area contributed by atoms with Gasteiger partial charge in [0.1, 0.15) is 0 Å². The highest BCUT2D eigenvalue weighted by atomic mass is 16.5. The quantitative estimate of drug-likeness (QED) is 0.429. The molecule has 0 spiro atoms. The molecule has 3 N–H and O–H groups in total. The summed E-state index contributed by atoms with van der Waals surface area (Å²) in [5.41, 5.74) is 4.20. The van der Waals surface area contributed by atoms with Crippen molar-refractivity contribution in [2.45, 2.75) is 58.8 Å². The summed E-state index contributed by atoms with van der Waals surface area (Å²) < 4.78 is 5.86. The van der Waals surface area contributed by atoms with Gasteiger partial charge in [-0.05, 0) is 32.6 Å². The van der Waals surface area contributed by atoms with E-state index in [-0.39, 0.29) is 12.1 Å². The lowest BCUT2D eigenvalue weighted by atomic mass is 9.81. The van der Waals surface area contributed by atoms with Crippen LogP contribution in [-0.2, 0) is 4.74 Å². The second-order valence-electron chi connectivity index (χ2n) is 5.06. The molecular formula is C13H26N2O. The first-order valence-corrected chi connectivity index (χ1v) is 6.29. The molecule has 0 aromatic heterocycles. The number of hydrazine groups is 1. The van der Waals surface area contributed by atoms with E-state index in [2.05, 4.69) is 39.7 Å². The third-order valence-corrected chi connectivity index (χ3v) is 4.01. The molecule has 5 unspecified atom stereocenters. The van der Waals surface area contributed by atoms with Crippen molar-refractivity contribution >= 4 is 0 Å². The van der Waals surface area contributed by atoms with Crippen LogP contribution in [0.2, 0.25) is 0 Å². The Bertz CT molecular complexity index is 242. The van der Waals surface area contributed by atoms with Crippen LogP contribution in [0, 0.1) is 11.8 Å². The molecule has 5 atom stereocenters. The highest BCUT2D eigenvalue weighted by molar-refractivity contribution is 5.01. The van der Waals surface area contributed by atoms with Gasteiger partial charge in [0.2, 0.25) is 0 Å². The zero-order valence-corrected chi connectivity index (χ0v) is 11.0. The Labute approximate surface area is 99.4 Å². The largest absolute Gasteiger partial charge is 0.375 e. The third-order valence-electron chi connectivity index (χ3n) is 4.01. The zero-order chi connectivity index (χ0) is 12.3. The number of nitrogens with one attached hydrogen (secondary N) is 1. The fourth-order valence-electron chi connectivity index (χ4n) is 2.75. The molecule has 1 aliphatic rings. The first-order valence-electron chi connectivity index (χ1n) is 6.29. The topological polar surface area (TPSA) is 47.3 Å². The van der Waals surface area contributed by atoms with E-state index in [9.17, 15) is 0 Å². The average molecular weight is 226 g/mol. The van der Waals surface area contributed by atoms with E-state index in [0.29, 0.717) is 17.9 Å². The molecule has 94 valence electrons. The average Bonchev–Trinajstić information content (AvgIpc) is 2.50. The Morgan fingerprint density at radius 1 is 1.38 bits per heavy atom. The van der Waals surface area contributed by atoms with Gasteiger partial charge in [0, 0.05) is 12.0 Å². The van der Waals surface area contributed by atoms with Crippen molar-refractivity contribution < 1.29 is 4.74 Å². The lowest BCUT2D eigenvalue weighted by molar-refractivity contribution is 0.0475. The van der Waals surface area contributed by atoms with E-state index in [1.54, 1.807) is 0 Å². The molecule has 0 amide bonds. The Morgan fingerprint density at radius 2 is 2.00 bits per heavy atom. The monoisotopic (exact) mass is 226 g/mol. The summed E-state index contributed by atoms with van der Waals surface area (Å²) in [5.74, 6) is 6.70. The first-order chi connectivity index (χ1) is 7.51. The summed E-state index contributed by atoms with van der Waals surface area (Å²) in [4.78, 5) is 0. The summed E-state index contributed by atoms with van der Waals surface area (Å²) in [7, 11) is 0. The summed E-state index contributed by atoms with van der Waals surface area (Å²) in [6, 6.07) is 0.280. The minimum absolute atomic E-state index is 0.274. The minimum atomic E-state index is 0.274. The van der Waals surface area contributed by atoms with Gasteiger partial charge < -0.3 is 4.74 Å². The third kappa shape index (κ3) is 2.84. The zero-order valence-electron chi connectivity index (χ0n) is 11.0. The molecule has 3 heteroatoms. The first kappa shape index (κ1) is 13.7. The molecule has 0 aromatic rings. The van der Waals surface area contributed by atoms with Crippen LogP contribution in [0.5, 0.6) is 0 Å². The van der Waals surface area contributed by atoms with Gasteiger partial charge in [-0.15, -0.1) is 0 Å². The summed E-state index contributed by atoms with van der Waals surface area (Å²) in [6.45, 7) is 12.7. The SMILES string of the molecule is C=C(CC)CC(NN)C1C(C)OC(C)C1C. The Hall–Kier alpha value is -0.380. The molecule has 0 radical (unpaired) electrons. The second kappa shape index (κ2) is 5.80. The van der Waals surface area contributed by atoms with E-state index >= 15 is 0 Å². The van der Waals surface area contributed by atoms with Gasteiger partial charge in [0.25, 0.3) is 0 Å². The molecule has 1 heterocycles. The van der Waals surface area contributed by atoms with E-state index in [1.165, 1.54) is 5.57 Å². The Morgan fingerprint density at radius 3 is 2.38 bits per heavy atom. The molecule has 1 saturated heterocycles. The molecule has 0 aliphatic carbocycles. The van der Waals surface area contributed by atoms with Gasteiger partial charge in [0.05, 0.1) is 12.2 Å². The van der Waals surface area contributed by atoms with Crippen LogP contribution in [0.15, 0.2) is 12.2 Å². The molecule has 0 bridgehead atoms. The van der Waals surface area contributed by atoms with Gasteiger partial charge >= 0.3 is 0 Å². The fourth-order valence-corrected chi connectivity index (χ4v) is 2.75. The molecule has 1 rings (SSSR count). The lowest BCUT2D eigenvalue weighted by Crippen LogP contribution is -2.45. The van der Waals surface area contributed by atoms with Crippen LogP contribution in [0.4, 0.5) is 0 Å². The molecule has 0 aromatic carbocycles. The molecular weight excluding hydrogens is 200 g/mol. The molecule has 1 aliphatic heterocycles. The molecule has 0 saturated carbocycles. The maximum atomic E-state index is 5.86. The number of hydrogen-bond acceptors (Lipinski definition) is 3. The smallest absolute Gasteiger partial charge is 0.0597 e. The number of ether oxygens (including phenoxy) is 1. The van der Waals surface area contributed by atoms with Crippen LogP contribution in [-0.4, -0.2) is 18.2 Å². The van der Waals surface area contributed by atoms with E-state index in [1.807, 2.05) is 0 Å². The van der Waals surface area contributed by atoms with Crippen LogP contribution in [0.1, 0.15) is 40.5 Å². The fraction of sp³-hybridized carbons (Fsp3) is 0.846. The number of hydrogen-bond donors (Lipinski definition) is 2. The Kier molecular flexibility index (Phi) is 4.96. The normalized spacial score (nSPS) is 36.3. The second-order valence-corrected chi connectivity index (χ2v) is 5.06. The van der Waals surface area contributed by atoms with Crippen molar-refractivity contribution in [1.82, 2.24) is 5.43 Å². The molecule has 16 heavy (non-hydrogen) atoms. The number of nitrogens with two attached hydrogens (primary N) is 1. The number of rotatable bonds is 5. The van der Waals surface area contributed by atoms with Gasteiger partial charge in [-0.25, -0.2) is 0 Å². The highest BCUT2D eigenvalue weighted by Crippen LogP contribution is 2.36. The van der Waals surface area contributed by atoms with Crippen molar-refractivity contribution in [3.05, 3.63) is 12.2 Å². The van der Waals surface area contributed by atoms with Crippen molar-refractivity contribution in [3.63, 3.8) is 0 Å². The summed E-state index contributed by atoms with van der Waals surface area (Å²) in [5, 5.41) is 0. The minimum Gasteiger partial charge on any atom is -0.375 e. The predicted molar refractivity (Wildman–Crippen MR) is 67.8 cm³/mol. The van der Waals surface area contributed by atoms with Crippen molar-refractivity contribution in [2.75, 3.05) is 0 Å². The maximum Gasteiger partial charge on any atom is 0.0597 e. The van der Waals surface area contributed by atoms with Crippen LogP contribution < -0.4 is 11.3 Å². The van der Waals surface area contributed by atoms with Gasteiger partial charge in [-0.2, -0.15) is 0 Å². The van der Waals surface area contributed by atoms with Gasteiger partial charge in [-0.1, -0.05) is 26.0 Å². The van der Waals surface area contributed by atoms with Crippen molar-refractivity contribution in [2.24, 2.45) is 17.7 Å². The summed E-state index contributed by atoms with van der Waals surface area (Å²) >= 11 is 0. The molecule has 3 nitrogen and oxygen atoms in total. The van der Waals surface area contributed by atoms with E-state index in [4.69, 9.17) is 10.6 Å². The van der Waals surface area contributed by atoms with Crippen LogP contribution in [0.3, 0.4) is 0 Å². The highest BCUT2D eigenvalue weighted by Gasteiger charge is 2.41. The Balaban J connectivity index is 2.68. The van der Waals surface area contributed by atoms with Crippen molar-refractivity contribution in [3.8, 4) is 0 Å². The van der Waals surface area contributed by atoms with Gasteiger partial charge in [-0.3, -0.25) is 11.3 Å². The van der Waals surface area contributed by atoms with Crippen LogP contribution in [0.25, 0.3) is 0 Å².